The second-order valence-electron chi connectivity index (χ2n) is 9.02. The fraction of sp³-hybridized carbons (Fsp3) is 0.577. The molecule has 1 aromatic carbocycles. The van der Waals surface area contributed by atoms with Gasteiger partial charge in [0.25, 0.3) is 5.91 Å². The lowest BCUT2D eigenvalue weighted by Crippen LogP contribution is -2.48. The van der Waals surface area contributed by atoms with Crippen LogP contribution in [0.25, 0.3) is 0 Å². The highest BCUT2D eigenvalue weighted by Gasteiger charge is 2.29. The van der Waals surface area contributed by atoms with Gasteiger partial charge in [-0.25, -0.2) is 9.59 Å². The maximum atomic E-state index is 12.2. The second-order valence-corrected chi connectivity index (χ2v) is 9.02. The summed E-state index contributed by atoms with van der Waals surface area (Å²) in [4.78, 5) is 37.8. The van der Waals surface area contributed by atoms with E-state index in [4.69, 9.17) is 14.2 Å². The normalized spacial score (nSPS) is 11.5. The Morgan fingerprint density at radius 1 is 1.15 bits per heavy atom. The first-order valence-corrected chi connectivity index (χ1v) is 11.5. The van der Waals surface area contributed by atoms with Crippen LogP contribution in [0.15, 0.2) is 43.0 Å². The van der Waals surface area contributed by atoms with E-state index in [2.05, 4.69) is 11.9 Å². The van der Waals surface area contributed by atoms with Crippen LogP contribution in [0.2, 0.25) is 0 Å². The Hall–Kier alpha value is -2.87. The molecular formula is C26H42N2O6. The summed E-state index contributed by atoms with van der Waals surface area (Å²) in [7, 11) is 1.70. The third-order valence-electron chi connectivity index (χ3n) is 4.28. The maximum Gasteiger partial charge on any atom is 0.408 e. The molecular weight excluding hydrogens is 436 g/mol. The van der Waals surface area contributed by atoms with Crippen molar-refractivity contribution in [2.45, 2.75) is 66.2 Å². The smallest absolute Gasteiger partial charge is 0.408 e. The van der Waals surface area contributed by atoms with E-state index in [0.29, 0.717) is 19.7 Å². The second kappa shape index (κ2) is 16.7. The van der Waals surface area contributed by atoms with E-state index in [9.17, 15) is 14.4 Å². The number of carbonyl (C=O) groups excluding carboxylic acids is 3. The van der Waals surface area contributed by atoms with Gasteiger partial charge in [-0.2, -0.15) is 0 Å². The summed E-state index contributed by atoms with van der Waals surface area (Å²) in [6.45, 7) is 15.6. The van der Waals surface area contributed by atoms with Gasteiger partial charge in [0.15, 0.2) is 6.61 Å². The Kier molecular flexibility index (Phi) is 15.3. The summed E-state index contributed by atoms with van der Waals surface area (Å²) < 4.78 is 15.2. The van der Waals surface area contributed by atoms with Crippen LogP contribution in [0.3, 0.4) is 0 Å². The van der Waals surface area contributed by atoms with Crippen molar-refractivity contribution in [1.29, 1.82) is 0 Å². The Labute approximate surface area is 204 Å². The van der Waals surface area contributed by atoms with Gasteiger partial charge in [0.05, 0.1) is 6.61 Å². The molecule has 2 amide bonds. The molecule has 1 N–H and O–H groups in total. The number of hydrogen-bond acceptors (Lipinski definition) is 6. The highest BCUT2D eigenvalue weighted by Crippen LogP contribution is 2.10. The number of rotatable bonds is 11. The van der Waals surface area contributed by atoms with Crippen LogP contribution in [-0.4, -0.2) is 61.3 Å². The molecule has 0 saturated heterocycles. The Bertz CT molecular complexity index is 743. The van der Waals surface area contributed by atoms with Crippen molar-refractivity contribution in [3.63, 3.8) is 0 Å². The molecule has 0 aliphatic heterocycles. The van der Waals surface area contributed by atoms with Crippen LogP contribution >= 0.6 is 0 Å². The number of benzene rings is 1. The first-order valence-electron chi connectivity index (χ1n) is 11.5. The molecule has 8 heteroatoms. The minimum absolute atomic E-state index is 0.213. The molecule has 1 atom stereocenters. The van der Waals surface area contributed by atoms with Gasteiger partial charge in [0.2, 0.25) is 0 Å². The van der Waals surface area contributed by atoms with Crippen molar-refractivity contribution in [1.82, 2.24) is 10.2 Å². The summed E-state index contributed by atoms with van der Waals surface area (Å²) in [5, 5.41) is 2.50. The zero-order valence-corrected chi connectivity index (χ0v) is 21.8. The number of carbonyl (C=O) groups is 3. The summed E-state index contributed by atoms with van der Waals surface area (Å²) in [6, 6.07) is 9.22. The van der Waals surface area contributed by atoms with Crippen molar-refractivity contribution in [3.8, 4) is 0 Å². The molecule has 192 valence electrons. The predicted molar refractivity (Wildman–Crippen MR) is 133 cm³/mol. The monoisotopic (exact) mass is 478 g/mol. The van der Waals surface area contributed by atoms with E-state index >= 15 is 0 Å². The van der Waals surface area contributed by atoms with E-state index in [1.807, 2.05) is 37.3 Å². The average Bonchev–Trinajstić information content (AvgIpc) is 2.75. The molecule has 0 radical (unpaired) electrons. The quantitative estimate of drug-likeness (QED) is 0.376. The van der Waals surface area contributed by atoms with Crippen LogP contribution in [0.1, 0.15) is 53.5 Å². The molecule has 0 heterocycles. The molecule has 0 aliphatic carbocycles. The molecule has 0 aliphatic rings. The van der Waals surface area contributed by atoms with Crippen molar-refractivity contribution in [2.75, 3.05) is 26.8 Å². The largest absolute Gasteiger partial charge is 0.454 e. The standard InChI is InChI=1S/C18H32N2O5.C8H10O/c1-8-10-20(11-9-2)14(21)12-24-16(22)15(13(3)4)19-17(23)25-18(5,6)7;1-9-7-8-5-3-2-4-6-8/h8,13,15H,1,9-12H2,2-7H3,(H,19,23);2-6H,7H2,1H3. The lowest BCUT2D eigenvalue weighted by atomic mass is 10.1. The number of methoxy groups -OCH3 is 1. The molecule has 0 aromatic heterocycles. The number of nitrogens with one attached hydrogen (secondary N) is 1. The topological polar surface area (TPSA) is 94.2 Å². The van der Waals surface area contributed by atoms with Gasteiger partial charge in [0.1, 0.15) is 11.6 Å². The van der Waals surface area contributed by atoms with E-state index in [0.717, 1.165) is 6.42 Å². The summed E-state index contributed by atoms with van der Waals surface area (Å²) in [6.07, 6.45) is 1.72. The SMILES string of the molecule is C=CCN(CCC)C(=O)COC(=O)C(NC(=O)OC(C)(C)C)C(C)C.COCc1ccccc1. The Morgan fingerprint density at radius 3 is 2.24 bits per heavy atom. The van der Waals surface area contributed by atoms with Gasteiger partial charge in [-0.05, 0) is 38.7 Å². The van der Waals surface area contributed by atoms with Crippen LogP contribution in [0, 0.1) is 5.92 Å². The highest BCUT2D eigenvalue weighted by molar-refractivity contribution is 5.85. The minimum atomic E-state index is -0.887. The van der Waals surface area contributed by atoms with E-state index in [1.165, 1.54) is 5.56 Å². The molecule has 0 fully saturated rings. The van der Waals surface area contributed by atoms with E-state index in [1.54, 1.807) is 52.7 Å². The van der Waals surface area contributed by atoms with Gasteiger partial charge < -0.3 is 24.4 Å². The first kappa shape index (κ1) is 31.1. The molecule has 8 nitrogen and oxygen atoms in total. The lowest BCUT2D eigenvalue weighted by Gasteiger charge is -2.25. The number of amides is 2. The van der Waals surface area contributed by atoms with Gasteiger partial charge in [0, 0.05) is 20.2 Å². The van der Waals surface area contributed by atoms with Crippen molar-refractivity contribution in [3.05, 3.63) is 48.6 Å². The third-order valence-corrected chi connectivity index (χ3v) is 4.28. The van der Waals surface area contributed by atoms with Crippen LogP contribution in [-0.2, 0) is 30.4 Å². The lowest BCUT2D eigenvalue weighted by molar-refractivity contribution is -0.154. The zero-order chi connectivity index (χ0) is 26.1. The number of nitrogens with zero attached hydrogens (tertiary/aromatic N) is 1. The van der Waals surface area contributed by atoms with E-state index < -0.39 is 23.7 Å². The van der Waals surface area contributed by atoms with Crippen molar-refractivity contribution < 1.29 is 28.6 Å². The molecule has 0 spiro atoms. The van der Waals surface area contributed by atoms with Gasteiger partial charge in [-0.3, -0.25) is 4.79 Å². The minimum Gasteiger partial charge on any atom is -0.454 e. The average molecular weight is 479 g/mol. The third kappa shape index (κ3) is 14.3. The molecule has 0 saturated carbocycles. The molecule has 1 rings (SSSR count). The number of esters is 1. The fourth-order valence-corrected chi connectivity index (χ4v) is 2.73. The van der Waals surface area contributed by atoms with Crippen LogP contribution in [0.5, 0.6) is 0 Å². The number of alkyl carbamates (subject to hydrolysis) is 1. The van der Waals surface area contributed by atoms with Crippen molar-refractivity contribution >= 4 is 18.0 Å². The van der Waals surface area contributed by atoms with Crippen LogP contribution in [0.4, 0.5) is 4.79 Å². The van der Waals surface area contributed by atoms with Gasteiger partial charge in [-0.15, -0.1) is 6.58 Å². The Balaban J connectivity index is 0.000000999. The summed E-state index contributed by atoms with van der Waals surface area (Å²) in [5.74, 6) is -1.17. The highest BCUT2D eigenvalue weighted by atomic mass is 16.6. The number of ether oxygens (including phenoxy) is 3. The zero-order valence-electron chi connectivity index (χ0n) is 21.8. The summed E-state index contributed by atoms with van der Waals surface area (Å²) in [5.41, 5.74) is 0.552. The molecule has 0 bridgehead atoms. The molecule has 1 unspecified atom stereocenters. The Morgan fingerprint density at radius 2 is 1.76 bits per heavy atom. The number of hydrogen-bond donors (Lipinski definition) is 1. The molecule has 34 heavy (non-hydrogen) atoms. The van der Waals surface area contributed by atoms with Gasteiger partial charge >= 0.3 is 12.1 Å². The first-order chi connectivity index (χ1) is 15.9. The van der Waals surface area contributed by atoms with E-state index in [-0.39, 0.29) is 18.4 Å². The van der Waals surface area contributed by atoms with Gasteiger partial charge in [-0.1, -0.05) is 57.2 Å². The fourth-order valence-electron chi connectivity index (χ4n) is 2.73. The predicted octanol–water partition coefficient (Wildman–Crippen LogP) is 4.34. The van der Waals surface area contributed by atoms with Crippen LogP contribution < -0.4 is 5.32 Å². The van der Waals surface area contributed by atoms with Crippen molar-refractivity contribution in [2.24, 2.45) is 5.92 Å². The summed E-state index contributed by atoms with van der Waals surface area (Å²) >= 11 is 0. The maximum absolute atomic E-state index is 12.2. The molecule has 1 aromatic rings.